The molecule has 24 heavy (non-hydrogen) atoms. The van der Waals surface area contributed by atoms with Crippen LogP contribution in [0, 0.1) is 6.92 Å². The third-order valence-corrected chi connectivity index (χ3v) is 4.58. The van der Waals surface area contributed by atoms with E-state index in [1.54, 1.807) is 17.8 Å². The van der Waals surface area contributed by atoms with Crippen molar-refractivity contribution < 1.29 is 9.53 Å². The van der Waals surface area contributed by atoms with E-state index in [2.05, 4.69) is 36.5 Å². The highest BCUT2D eigenvalue weighted by Gasteiger charge is 2.09. The molecule has 3 N–H and O–H groups in total. The Morgan fingerprint density at radius 3 is 2.62 bits per heavy atom. The highest BCUT2D eigenvalue weighted by atomic mass is 32.2. The molecule has 0 bridgehead atoms. The number of nitrogens with one attached hydrogen (secondary N) is 1. The lowest BCUT2D eigenvalue weighted by atomic mass is 10.2. The van der Waals surface area contributed by atoms with Crippen molar-refractivity contribution >= 4 is 23.4 Å². The lowest BCUT2D eigenvalue weighted by molar-refractivity contribution is 0.0944. The Morgan fingerprint density at radius 2 is 1.96 bits per heavy atom. The molecule has 0 atom stereocenters. The summed E-state index contributed by atoms with van der Waals surface area (Å²) in [4.78, 5) is 14.2. The zero-order valence-corrected chi connectivity index (χ0v) is 15.0. The molecule has 2 aromatic rings. The number of aryl methyl sites for hydroxylation is 1. The van der Waals surface area contributed by atoms with Crippen molar-refractivity contribution in [1.29, 1.82) is 0 Å². The van der Waals surface area contributed by atoms with Gasteiger partial charge in [-0.05, 0) is 50.6 Å². The number of hydrogen-bond donors (Lipinski definition) is 2. The zero-order valence-electron chi connectivity index (χ0n) is 14.2. The van der Waals surface area contributed by atoms with Gasteiger partial charge in [0.2, 0.25) is 0 Å². The molecule has 0 saturated carbocycles. The fourth-order valence-corrected chi connectivity index (χ4v) is 2.98. The van der Waals surface area contributed by atoms with Crippen LogP contribution in [0.25, 0.3) is 0 Å². The molecule has 2 rings (SSSR count). The van der Waals surface area contributed by atoms with Gasteiger partial charge < -0.3 is 15.8 Å². The minimum absolute atomic E-state index is 0.106. The van der Waals surface area contributed by atoms with Crippen LogP contribution in [0.3, 0.4) is 0 Å². The van der Waals surface area contributed by atoms with E-state index in [0.29, 0.717) is 31.0 Å². The lowest BCUT2D eigenvalue weighted by Crippen LogP contribution is -2.25. The highest BCUT2D eigenvalue weighted by Crippen LogP contribution is 2.32. The number of nitrogens with two attached hydrogens (primary N) is 1. The van der Waals surface area contributed by atoms with E-state index >= 15 is 0 Å². The van der Waals surface area contributed by atoms with Crippen LogP contribution in [0.4, 0.5) is 5.69 Å². The first-order valence-electron chi connectivity index (χ1n) is 8.10. The van der Waals surface area contributed by atoms with E-state index in [9.17, 15) is 4.79 Å². The Bertz CT molecular complexity index is 672. The van der Waals surface area contributed by atoms with Gasteiger partial charge in [0, 0.05) is 40.8 Å². The van der Waals surface area contributed by atoms with E-state index in [4.69, 9.17) is 10.5 Å². The summed E-state index contributed by atoms with van der Waals surface area (Å²) in [7, 11) is 0. The largest absolute Gasteiger partial charge is 0.398 e. The van der Waals surface area contributed by atoms with Gasteiger partial charge in [0.25, 0.3) is 5.91 Å². The number of carbonyl (C=O) groups excluding carboxylic acids is 1. The van der Waals surface area contributed by atoms with E-state index in [0.717, 1.165) is 16.2 Å². The Kier molecular flexibility index (Phi) is 7.15. The summed E-state index contributed by atoms with van der Waals surface area (Å²) in [6.45, 7) is 5.97. The molecule has 0 radical (unpaired) electrons. The van der Waals surface area contributed by atoms with Crippen LogP contribution in [0.15, 0.2) is 52.3 Å². The van der Waals surface area contributed by atoms with Crippen LogP contribution in [0.2, 0.25) is 0 Å². The molecular formula is C19H24N2O2S. The topological polar surface area (TPSA) is 64.3 Å². The second kappa shape index (κ2) is 9.35. The van der Waals surface area contributed by atoms with E-state index in [1.807, 2.05) is 19.1 Å². The monoisotopic (exact) mass is 344 g/mol. The highest BCUT2D eigenvalue weighted by molar-refractivity contribution is 7.99. The number of amides is 1. The van der Waals surface area contributed by atoms with Gasteiger partial charge in [0.05, 0.1) is 0 Å². The van der Waals surface area contributed by atoms with Crippen molar-refractivity contribution in [1.82, 2.24) is 5.32 Å². The maximum Gasteiger partial charge on any atom is 0.251 e. The molecule has 0 aromatic heterocycles. The van der Waals surface area contributed by atoms with E-state index in [-0.39, 0.29) is 5.91 Å². The van der Waals surface area contributed by atoms with Gasteiger partial charge in [-0.3, -0.25) is 4.79 Å². The lowest BCUT2D eigenvalue weighted by Gasteiger charge is -2.09. The molecule has 4 nitrogen and oxygen atoms in total. The van der Waals surface area contributed by atoms with Crippen LogP contribution in [0.1, 0.15) is 29.3 Å². The van der Waals surface area contributed by atoms with Crippen molar-refractivity contribution in [3.05, 3.63) is 53.6 Å². The molecule has 5 heteroatoms. The van der Waals surface area contributed by atoms with Gasteiger partial charge in [0.1, 0.15) is 0 Å². The predicted octanol–water partition coefficient (Wildman–Crippen LogP) is 3.88. The van der Waals surface area contributed by atoms with Crippen LogP contribution < -0.4 is 11.1 Å². The number of ether oxygens (including phenoxy) is 1. The summed E-state index contributed by atoms with van der Waals surface area (Å²) in [5.74, 6) is -0.106. The second-order valence-electron chi connectivity index (χ2n) is 5.47. The number of hydrogen-bond acceptors (Lipinski definition) is 4. The second-order valence-corrected chi connectivity index (χ2v) is 6.59. The Morgan fingerprint density at radius 1 is 1.21 bits per heavy atom. The molecule has 0 unspecified atom stereocenters. The zero-order chi connectivity index (χ0) is 17.4. The molecule has 0 saturated heterocycles. The molecule has 0 heterocycles. The molecule has 0 aliphatic rings. The minimum atomic E-state index is -0.106. The van der Waals surface area contributed by atoms with Crippen molar-refractivity contribution in [3.8, 4) is 0 Å². The molecule has 0 spiro atoms. The smallest absolute Gasteiger partial charge is 0.251 e. The predicted molar refractivity (Wildman–Crippen MR) is 99.6 cm³/mol. The molecule has 128 valence electrons. The number of nitrogen functional groups attached to an aromatic ring is 1. The minimum Gasteiger partial charge on any atom is -0.398 e. The van der Waals surface area contributed by atoms with Gasteiger partial charge in [-0.2, -0.15) is 0 Å². The Balaban J connectivity index is 1.93. The molecule has 0 aliphatic heterocycles. The number of benzene rings is 2. The normalized spacial score (nSPS) is 10.6. The summed E-state index contributed by atoms with van der Waals surface area (Å²) in [6.07, 6.45) is 0.802. The van der Waals surface area contributed by atoms with Gasteiger partial charge in [-0.25, -0.2) is 0 Å². The van der Waals surface area contributed by atoms with Gasteiger partial charge in [-0.15, -0.1) is 0 Å². The summed E-state index contributed by atoms with van der Waals surface area (Å²) in [5, 5.41) is 2.88. The fraction of sp³-hybridized carbons (Fsp3) is 0.316. The molecule has 1 amide bonds. The van der Waals surface area contributed by atoms with Crippen LogP contribution in [-0.4, -0.2) is 25.7 Å². The van der Waals surface area contributed by atoms with E-state index in [1.165, 1.54) is 5.56 Å². The summed E-state index contributed by atoms with van der Waals surface area (Å²) >= 11 is 1.60. The quantitative estimate of drug-likeness (QED) is 0.563. The number of anilines is 1. The maximum absolute atomic E-state index is 12.1. The van der Waals surface area contributed by atoms with Crippen LogP contribution >= 0.6 is 11.8 Å². The first-order chi connectivity index (χ1) is 11.6. The first-order valence-corrected chi connectivity index (χ1v) is 8.91. The standard InChI is InChI=1S/C19H24N2O2S/c1-3-23-12-4-11-21-19(22)15-7-10-18(17(20)13-15)24-16-8-5-14(2)6-9-16/h5-10,13H,3-4,11-12,20H2,1-2H3,(H,21,22). The SMILES string of the molecule is CCOCCCNC(=O)c1ccc(Sc2ccc(C)cc2)c(N)c1. The van der Waals surface area contributed by atoms with Crippen LogP contribution in [0.5, 0.6) is 0 Å². The number of carbonyl (C=O) groups is 1. The Labute approximate surface area is 147 Å². The van der Waals surface area contributed by atoms with Crippen molar-refractivity contribution in [2.45, 2.75) is 30.1 Å². The number of rotatable bonds is 8. The maximum atomic E-state index is 12.1. The average Bonchev–Trinajstić information content (AvgIpc) is 2.58. The summed E-state index contributed by atoms with van der Waals surface area (Å²) in [5.41, 5.74) is 8.53. The Hall–Kier alpha value is -1.98. The van der Waals surface area contributed by atoms with Crippen LogP contribution in [-0.2, 0) is 4.74 Å². The third-order valence-electron chi connectivity index (χ3n) is 3.48. The first kappa shape index (κ1) is 18.4. The molecule has 0 aliphatic carbocycles. The van der Waals surface area contributed by atoms with Crippen molar-refractivity contribution in [2.24, 2.45) is 0 Å². The average molecular weight is 344 g/mol. The fourth-order valence-electron chi connectivity index (χ4n) is 2.14. The summed E-state index contributed by atoms with van der Waals surface area (Å²) in [6, 6.07) is 13.7. The molecular weight excluding hydrogens is 320 g/mol. The van der Waals surface area contributed by atoms with E-state index < -0.39 is 0 Å². The third kappa shape index (κ3) is 5.58. The summed E-state index contributed by atoms with van der Waals surface area (Å²) < 4.78 is 5.25. The van der Waals surface area contributed by atoms with Gasteiger partial charge in [-0.1, -0.05) is 29.5 Å². The molecule has 2 aromatic carbocycles. The van der Waals surface area contributed by atoms with Gasteiger partial charge >= 0.3 is 0 Å². The van der Waals surface area contributed by atoms with Crippen molar-refractivity contribution in [2.75, 3.05) is 25.5 Å². The molecule has 0 fully saturated rings. The van der Waals surface area contributed by atoms with Crippen molar-refractivity contribution in [3.63, 3.8) is 0 Å². The van der Waals surface area contributed by atoms with Gasteiger partial charge in [0.15, 0.2) is 0 Å².